The number of fused-ring (bicyclic) bond motifs is 1. The first-order valence-electron chi connectivity index (χ1n) is 4.91. The molecule has 3 aromatic rings. The van der Waals surface area contributed by atoms with Crippen molar-refractivity contribution in [1.29, 1.82) is 0 Å². The first-order chi connectivity index (χ1) is 7.84. The van der Waals surface area contributed by atoms with Crippen molar-refractivity contribution in [3.63, 3.8) is 0 Å². The van der Waals surface area contributed by atoms with Gasteiger partial charge < -0.3 is 0 Å². The molecule has 0 bridgehead atoms. The van der Waals surface area contributed by atoms with Crippen LogP contribution < -0.4 is 5.43 Å². The van der Waals surface area contributed by atoms with Gasteiger partial charge >= 0.3 is 0 Å². The first kappa shape index (κ1) is 9.75. The van der Waals surface area contributed by atoms with E-state index in [0.29, 0.717) is 0 Å². The lowest BCUT2D eigenvalue weighted by molar-refractivity contribution is 1.67. The SMILES string of the molecule is O=c1cc(-c2ccccc2)sc2ccsc12. The quantitative estimate of drug-likeness (QED) is 0.632. The Bertz CT molecular complexity index is 680. The molecule has 0 aliphatic heterocycles. The standard InChI is InChI=1S/C13H8OS2/c14-10-8-12(9-4-2-1-3-5-9)16-11-6-7-15-13(10)11/h1-8H. The van der Waals surface area contributed by atoms with Gasteiger partial charge in [0.1, 0.15) is 0 Å². The van der Waals surface area contributed by atoms with E-state index in [4.69, 9.17) is 0 Å². The van der Waals surface area contributed by atoms with Gasteiger partial charge in [-0.05, 0) is 17.0 Å². The summed E-state index contributed by atoms with van der Waals surface area (Å²) in [6, 6.07) is 13.8. The van der Waals surface area contributed by atoms with Gasteiger partial charge in [0.25, 0.3) is 0 Å². The van der Waals surface area contributed by atoms with E-state index >= 15 is 0 Å². The molecule has 0 unspecified atom stereocenters. The maximum Gasteiger partial charge on any atom is 0.198 e. The largest absolute Gasteiger partial charge is 0.288 e. The van der Waals surface area contributed by atoms with Crippen molar-refractivity contribution in [1.82, 2.24) is 0 Å². The fourth-order valence-electron chi connectivity index (χ4n) is 1.63. The summed E-state index contributed by atoms with van der Waals surface area (Å²) in [4.78, 5) is 12.9. The highest BCUT2D eigenvalue weighted by Gasteiger charge is 2.05. The minimum Gasteiger partial charge on any atom is -0.288 e. The predicted molar refractivity (Wildman–Crippen MR) is 71.4 cm³/mol. The van der Waals surface area contributed by atoms with Gasteiger partial charge in [0.15, 0.2) is 5.43 Å². The molecule has 0 aliphatic rings. The van der Waals surface area contributed by atoms with Crippen LogP contribution in [-0.2, 0) is 0 Å². The maximum absolute atomic E-state index is 11.9. The van der Waals surface area contributed by atoms with Crippen molar-refractivity contribution in [2.75, 3.05) is 0 Å². The van der Waals surface area contributed by atoms with Gasteiger partial charge in [0, 0.05) is 15.6 Å². The Morgan fingerprint density at radius 1 is 1.00 bits per heavy atom. The van der Waals surface area contributed by atoms with E-state index in [1.807, 2.05) is 41.8 Å². The second-order valence-corrected chi connectivity index (χ2v) is 5.45. The summed E-state index contributed by atoms with van der Waals surface area (Å²) >= 11 is 3.19. The Morgan fingerprint density at radius 3 is 2.62 bits per heavy atom. The van der Waals surface area contributed by atoms with Crippen molar-refractivity contribution in [3.8, 4) is 10.4 Å². The second-order valence-electron chi connectivity index (χ2n) is 3.45. The zero-order chi connectivity index (χ0) is 11.0. The molecule has 78 valence electrons. The highest BCUT2D eigenvalue weighted by molar-refractivity contribution is 7.27. The molecule has 0 saturated heterocycles. The number of benzene rings is 1. The molecule has 1 nitrogen and oxygen atoms in total. The summed E-state index contributed by atoms with van der Waals surface area (Å²) in [5.74, 6) is 0. The Morgan fingerprint density at radius 2 is 1.81 bits per heavy atom. The van der Waals surface area contributed by atoms with Crippen molar-refractivity contribution in [2.45, 2.75) is 0 Å². The monoisotopic (exact) mass is 244 g/mol. The smallest absolute Gasteiger partial charge is 0.198 e. The topological polar surface area (TPSA) is 17.1 Å². The molecule has 0 atom stereocenters. The van der Waals surface area contributed by atoms with Crippen LogP contribution in [0, 0.1) is 0 Å². The fraction of sp³-hybridized carbons (Fsp3) is 0. The summed E-state index contributed by atoms with van der Waals surface area (Å²) in [6.07, 6.45) is 0. The van der Waals surface area contributed by atoms with Crippen LogP contribution in [0.4, 0.5) is 0 Å². The van der Waals surface area contributed by atoms with Gasteiger partial charge in [-0.1, -0.05) is 30.3 Å². The molecule has 16 heavy (non-hydrogen) atoms. The van der Waals surface area contributed by atoms with Gasteiger partial charge in [-0.2, -0.15) is 0 Å². The molecule has 0 radical (unpaired) electrons. The Kier molecular flexibility index (Phi) is 2.35. The maximum atomic E-state index is 11.9. The molecule has 1 aromatic carbocycles. The van der Waals surface area contributed by atoms with Crippen molar-refractivity contribution in [2.24, 2.45) is 0 Å². The van der Waals surface area contributed by atoms with Crippen molar-refractivity contribution < 1.29 is 0 Å². The fourth-order valence-corrected chi connectivity index (χ4v) is 3.68. The molecule has 0 amide bonds. The van der Waals surface area contributed by atoms with E-state index in [2.05, 4.69) is 0 Å². The predicted octanol–water partition coefficient (Wildman–Crippen LogP) is 3.99. The van der Waals surface area contributed by atoms with Crippen LogP contribution in [0.3, 0.4) is 0 Å². The van der Waals surface area contributed by atoms with Gasteiger partial charge in [-0.25, -0.2) is 0 Å². The van der Waals surface area contributed by atoms with E-state index in [1.54, 1.807) is 17.4 Å². The van der Waals surface area contributed by atoms with Gasteiger partial charge in [0.05, 0.1) is 4.70 Å². The van der Waals surface area contributed by atoms with Crippen LogP contribution >= 0.6 is 22.7 Å². The lowest BCUT2D eigenvalue weighted by Crippen LogP contribution is -1.95. The molecule has 0 aliphatic carbocycles. The van der Waals surface area contributed by atoms with Crippen molar-refractivity contribution in [3.05, 3.63) is 58.1 Å². The third-order valence-electron chi connectivity index (χ3n) is 2.39. The molecule has 0 saturated carbocycles. The van der Waals surface area contributed by atoms with Gasteiger partial charge in [0.2, 0.25) is 0 Å². The Hall–Kier alpha value is -1.45. The average molecular weight is 244 g/mol. The van der Waals surface area contributed by atoms with E-state index in [0.717, 1.165) is 19.8 Å². The minimum atomic E-state index is 0.127. The molecular formula is C13H8OS2. The zero-order valence-electron chi connectivity index (χ0n) is 8.34. The van der Waals surface area contributed by atoms with E-state index < -0.39 is 0 Å². The summed E-state index contributed by atoms with van der Waals surface area (Å²) in [6.45, 7) is 0. The molecule has 3 heteroatoms. The Balaban J connectivity index is 2.30. The lowest BCUT2D eigenvalue weighted by Gasteiger charge is -1.99. The first-order valence-corrected chi connectivity index (χ1v) is 6.61. The van der Waals surface area contributed by atoms with E-state index in [9.17, 15) is 4.79 Å². The summed E-state index contributed by atoms with van der Waals surface area (Å²) in [7, 11) is 0. The zero-order valence-corrected chi connectivity index (χ0v) is 9.98. The van der Waals surface area contributed by atoms with E-state index in [-0.39, 0.29) is 5.43 Å². The Labute approximate surface area is 101 Å². The van der Waals surface area contributed by atoms with Crippen LogP contribution in [0.25, 0.3) is 19.8 Å². The molecule has 2 heterocycles. The highest BCUT2D eigenvalue weighted by Crippen LogP contribution is 2.29. The summed E-state index contributed by atoms with van der Waals surface area (Å²) in [5.41, 5.74) is 1.24. The molecule has 3 rings (SSSR count). The molecule has 0 fully saturated rings. The summed E-state index contributed by atoms with van der Waals surface area (Å²) < 4.78 is 1.95. The van der Waals surface area contributed by atoms with Crippen LogP contribution in [0.5, 0.6) is 0 Å². The third-order valence-corrected chi connectivity index (χ3v) is 4.59. The lowest BCUT2D eigenvalue weighted by atomic mass is 10.2. The normalized spacial score (nSPS) is 10.8. The third kappa shape index (κ3) is 1.58. The minimum absolute atomic E-state index is 0.127. The van der Waals surface area contributed by atoms with Crippen LogP contribution in [0.2, 0.25) is 0 Å². The number of hydrogen-bond donors (Lipinski definition) is 0. The van der Waals surface area contributed by atoms with Gasteiger partial charge in [-0.3, -0.25) is 4.79 Å². The highest BCUT2D eigenvalue weighted by atomic mass is 32.1. The molecular weight excluding hydrogens is 236 g/mol. The van der Waals surface area contributed by atoms with Crippen molar-refractivity contribution >= 4 is 32.1 Å². The molecule has 0 N–H and O–H groups in total. The number of hydrogen-bond acceptors (Lipinski definition) is 3. The van der Waals surface area contributed by atoms with Crippen LogP contribution in [0.1, 0.15) is 0 Å². The number of rotatable bonds is 1. The molecule has 2 aromatic heterocycles. The van der Waals surface area contributed by atoms with Crippen LogP contribution in [-0.4, -0.2) is 0 Å². The van der Waals surface area contributed by atoms with Crippen LogP contribution in [0.15, 0.2) is 52.6 Å². The molecule has 0 spiro atoms. The summed E-state index contributed by atoms with van der Waals surface area (Å²) in [5, 5.41) is 1.97. The van der Waals surface area contributed by atoms with Gasteiger partial charge in [-0.15, -0.1) is 22.7 Å². The van der Waals surface area contributed by atoms with E-state index in [1.165, 1.54) is 11.3 Å². The average Bonchev–Trinajstić information content (AvgIpc) is 2.79. The number of thiophene rings is 1. The second kappa shape index (κ2) is 3.85.